The summed E-state index contributed by atoms with van der Waals surface area (Å²) in [6.45, 7) is 4.28. The van der Waals surface area contributed by atoms with Crippen LogP contribution in [-0.4, -0.2) is 33.0 Å². The van der Waals surface area contributed by atoms with E-state index in [1.54, 1.807) is 11.8 Å². The van der Waals surface area contributed by atoms with Gasteiger partial charge in [0.2, 0.25) is 5.91 Å². The molecule has 0 fully saturated rings. The van der Waals surface area contributed by atoms with Crippen molar-refractivity contribution in [3.05, 3.63) is 16.1 Å². The number of rotatable bonds is 8. The maximum atomic E-state index is 11.8. The van der Waals surface area contributed by atoms with Crippen molar-refractivity contribution in [2.45, 2.75) is 38.5 Å². The Hall–Kier alpha value is -1.08. The van der Waals surface area contributed by atoms with Crippen LogP contribution in [0.2, 0.25) is 0 Å². The number of thiazole rings is 1. The summed E-state index contributed by atoms with van der Waals surface area (Å²) in [5.41, 5.74) is 0.0274. The van der Waals surface area contributed by atoms with Gasteiger partial charge in [0, 0.05) is 5.38 Å². The van der Waals surface area contributed by atoms with Gasteiger partial charge < -0.3 is 10.4 Å². The van der Waals surface area contributed by atoms with Gasteiger partial charge in [0.15, 0.2) is 5.69 Å². The van der Waals surface area contributed by atoms with Crippen LogP contribution in [0.5, 0.6) is 0 Å². The third kappa shape index (κ3) is 5.61. The molecule has 1 aromatic rings. The Labute approximate surface area is 120 Å². The molecule has 2 N–H and O–H groups in total. The first kappa shape index (κ1) is 16.0. The van der Waals surface area contributed by atoms with E-state index in [1.165, 1.54) is 16.7 Å². The van der Waals surface area contributed by atoms with E-state index in [4.69, 9.17) is 5.11 Å². The summed E-state index contributed by atoms with van der Waals surface area (Å²) in [6.07, 6.45) is 2.23. The third-order valence-electron chi connectivity index (χ3n) is 2.42. The van der Waals surface area contributed by atoms with Crippen LogP contribution in [0.4, 0.5) is 0 Å². The lowest BCUT2D eigenvalue weighted by Gasteiger charge is -2.10. The number of aromatic carboxylic acids is 1. The van der Waals surface area contributed by atoms with Crippen LogP contribution in [-0.2, 0) is 11.3 Å². The van der Waals surface area contributed by atoms with Crippen LogP contribution in [0.1, 0.15) is 42.2 Å². The second-order valence-corrected chi connectivity index (χ2v) is 6.41. The summed E-state index contributed by atoms with van der Waals surface area (Å²) in [5.74, 6) is -0.101. The molecular weight excluding hydrogens is 284 g/mol. The summed E-state index contributed by atoms with van der Waals surface area (Å²) >= 11 is 2.87. The predicted molar refractivity (Wildman–Crippen MR) is 77.7 cm³/mol. The van der Waals surface area contributed by atoms with E-state index in [0.29, 0.717) is 5.01 Å². The summed E-state index contributed by atoms with van der Waals surface area (Å²) < 4.78 is 0. The van der Waals surface area contributed by atoms with Gasteiger partial charge in [-0.1, -0.05) is 13.3 Å². The van der Waals surface area contributed by atoms with Gasteiger partial charge >= 0.3 is 5.97 Å². The lowest BCUT2D eigenvalue weighted by Crippen LogP contribution is -2.30. The second-order valence-electron chi connectivity index (χ2n) is 4.02. The van der Waals surface area contributed by atoms with Gasteiger partial charge in [-0.2, -0.15) is 0 Å². The van der Waals surface area contributed by atoms with E-state index in [1.807, 2.05) is 6.92 Å². The molecule has 106 valence electrons. The Balaban J connectivity index is 2.34. The monoisotopic (exact) mass is 302 g/mol. The lowest BCUT2D eigenvalue weighted by atomic mass is 10.4. The number of carbonyl (C=O) groups excluding carboxylic acids is 1. The van der Waals surface area contributed by atoms with E-state index in [2.05, 4.69) is 17.2 Å². The normalized spacial score (nSPS) is 12.1. The second kappa shape index (κ2) is 8.16. The Kier molecular flexibility index (Phi) is 6.86. The van der Waals surface area contributed by atoms with Crippen molar-refractivity contribution in [1.82, 2.24) is 10.3 Å². The Morgan fingerprint density at radius 1 is 1.58 bits per heavy atom. The van der Waals surface area contributed by atoms with E-state index >= 15 is 0 Å². The molecule has 0 aliphatic heterocycles. The zero-order valence-electron chi connectivity index (χ0n) is 11.0. The van der Waals surface area contributed by atoms with Crippen molar-refractivity contribution in [1.29, 1.82) is 0 Å². The van der Waals surface area contributed by atoms with E-state index in [-0.39, 0.29) is 23.4 Å². The standard InChI is InChI=1S/C12H18N2O3S2/c1-3-4-5-18-8(2)11(15)13-6-10-14-9(7-19-10)12(16)17/h7-8H,3-6H2,1-2H3,(H,13,15)(H,16,17). The minimum Gasteiger partial charge on any atom is -0.476 e. The van der Waals surface area contributed by atoms with Gasteiger partial charge in [-0.05, 0) is 19.1 Å². The highest BCUT2D eigenvalue weighted by Crippen LogP contribution is 2.14. The number of hydrogen-bond acceptors (Lipinski definition) is 5. The minimum atomic E-state index is -1.04. The molecule has 0 saturated heterocycles. The number of nitrogens with zero attached hydrogens (tertiary/aromatic N) is 1. The molecule has 0 aliphatic rings. The molecular formula is C12H18N2O3S2. The van der Waals surface area contributed by atoms with Crippen LogP contribution in [0.15, 0.2) is 5.38 Å². The average Bonchev–Trinajstić information content (AvgIpc) is 2.85. The number of aromatic nitrogens is 1. The molecule has 0 bridgehead atoms. The molecule has 1 aromatic heterocycles. The molecule has 0 radical (unpaired) electrons. The smallest absolute Gasteiger partial charge is 0.355 e. The molecule has 0 aliphatic carbocycles. The molecule has 0 aromatic carbocycles. The SMILES string of the molecule is CCCCSC(C)C(=O)NCc1nc(C(=O)O)cs1. The zero-order valence-corrected chi connectivity index (χ0v) is 12.6. The molecule has 0 saturated carbocycles. The van der Waals surface area contributed by atoms with E-state index in [0.717, 1.165) is 18.6 Å². The van der Waals surface area contributed by atoms with Crippen molar-refractivity contribution in [3.8, 4) is 0 Å². The molecule has 1 atom stereocenters. The quantitative estimate of drug-likeness (QED) is 0.721. The summed E-state index contributed by atoms with van der Waals surface area (Å²) in [4.78, 5) is 26.4. The van der Waals surface area contributed by atoms with Crippen molar-refractivity contribution in [2.24, 2.45) is 0 Å². The van der Waals surface area contributed by atoms with Gasteiger partial charge in [0.05, 0.1) is 11.8 Å². The maximum Gasteiger partial charge on any atom is 0.355 e. The average molecular weight is 302 g/mol. The predicted octanol–water partition coefficient (Wildman–Crippen LogP) is 2.38. The van der Waals surface area contributed by atoms with Crippen molar-refractivity contribution in [3.63, 3.8) is 0 Å². The van der Waals surface area contributed by atoms with Crippen LogP contribution in [0.25, 0.3) is 0 Å². The molecule has 1 rings (SSSR count). The number of carboxylic acids is 1. The number of carboxylic acid groups (broad SMARTS) is 1. The van der Waals surface area contributed by atoms with Crippen molar-refractivity contribution >= 4 is 35.0 Å². The minimum absolute atomic E-state index is 0.0274. The van der Waals surface area contributed by atoms with Gasteiger partial charge in [-0.3, -0.25) is 4.79 Å². The van der Waals surface area contributed by atoms with Gasteiger partial charge in [0.1, 0.15) is 5.01 Å². The molecule has 1 unspecified atom stereocenters. The Bertz CT molecular complexity index is 434. The first-order valence-electron chi connectivity index (χ1n) is 6.11. The maximum absolute atomic E-state index is 11.8. The number of thioether (sulfide) groups is 1. The highest BCUT2D eigenvalue weighted by atomic mass is 32.2. The highest BCUT2D eigenvalue weighted by Gasteiger charge is 2.14. The largest absolute Gasteiger partial charge is 0.476 e. The Morgan fingerprint density at radius 3 is 2.89 bits per heavy atom. The number of nitrogens with one attached hydrogen (secondary N) is 1. The van der Waals surface area contributed by atoms with Crippen LogP contribution in [0, 0.1) is 0 Å². The molecule has 0 spiro atoms. The number of carbonyl (C=O) groups is 2. The van der Waals surface area contributed by atoms with Crippen LogP contribution >= 0.6 is 23.1 Å². The van der Waals surface area contributed by atoms with Crippen LogP contribution in [0.3, 0.4) is 0 Å². The first-order chi connectivity index (χ1) is 9.04. The molecule has 1 amide bonds. The van der Waals surface area contributed by atoms with E-state index < -0.39 is 5.97 Å². The third-order valence-corrected chi connectivity index (χ3v) is 4.51. The van der Waals surface area contributed by atoms with Crippen molar-refractivity contribution in [2.75, 3.05) is 5.75 Å². The fourth-order valence-corrected chi connectivity index (χ4v) is 3.03. The summed E-state index contributed by atoms with van der Waals surface area (Å²) in [7, 11) is 0. The summed E-state index contributed by atoms with van der Waals surface area (Å²) in [5, 5.41) is 13.5. The number of unbranched alkanes of at least 4 members (excludes halogenated alkanes) is 1. The lowest BCUT2D eigenvalue weighted by molar-refractivity contribution is -0.120. The van der Waals surface area contributed by atoms with Gasteiger partial charge in [-0.15, -0.1) is 23.1 Å². The summed E-state index contributed by atoms with van der Waals surface area (Å²) in [6, 6.07) is 0. The Morgan fingerprint density at radius 2 is 2.32 bits per heavy atom. The number of amides is 1. The fourth-order valence-electron chi connectivity index (χ4n) is 1.28. The van der Waals surface area contributed by atoms with E-state index in [9.17, 15) is 9.59 Å². The molecule has 1 heterocycles. The molecule has 7 heteroatoms. The number of hydrogen-bond donors (Lipinski definition) is 2. The van der Waals surface area contributed by atoms with Crippen molar-refractivity contribution < 1.29 is 14.7 Å². The van der Waals surface area contributed by atoms with Crippen LogP contribution < -0.4 is 5.32 Å². The molecule has 5 nitrogen and oxygen atoms in total. The van der Waals surface area contributed by atoms with Gasteiger partial charge in [0.25, 0.3) is 0 Å². The van der Waals surface area contributed by atoms with Gasteiger partial charge in [-0.25, -0.2) is 9.78 Å². The first-order valence-corrected chi connectivity index (χ1v) is 8.04. The highest BCUT2D eigenvalue weighted by molar-refractivity contribution is 8.00. The zero-order chi connectivity index (χ0) is 14.3. The molecule has 19 heavy (non-hydrogen) atoms. The fraction of sp³-hybridized carbons (Fsp3) is 0.583. The topological polar surface area (TPSA) is 79.3 Å².